The van der Waals surface area contributed by atoms with E-state index in [4.69, 9.17) is 10.5 Å². The molecule has 8 heteroatoms. The third-order valence-corrected chi connectivity index (χ3v) is 4.91. The fraction of sp³-hybridized carbons (Fsp3) is 0.500. The Labute approximate surface area is 157 Å². The highest BCUT2D eigenvalue weighted by Crippen LogP contribution is 2.29. The van der Waals surface area contributed by atoms with Crippen LogP contribution in [0.1, 0.15) is 36.4 Å². The van der Waals surface area contributed by atoms with E-state index in [1.807, 2.05) is 24.5 Å². The molecular formula is C18H25N3O4S. The van der Waals surface area contributed by atoms with Crippen molar-refractivity contribution >= 4 is 29.7 Å². The van der Waals surface area contributed by atoms with E-state index in [2.05, 4.69) is 16.7 Å². The number of aryl methyl sites for hydroxylation is 1. The van der Waals surface area contributed by atoms with Crippen LogP contribution in [0.15, 0.2) is 24.3 Å². The van der Waals surface area contributed by atoms with Crippen LogP contribution in [0.25, 0.3) is 0 Å². The minimum Gasteiger partial charge on any atom is -0.454 e. The molecule has 0 saturated carbocycles. The van der Waals surface area contributed by atoms with Crippen LogP contribution in [0, 0.1) is 0 Å². The largest absolute Gasteiger partial charge is 0.454 e. The van der Waals surface area contributed by atoms with Gasteiger partial charge in [0.1, 0.15) is 6.04 Å². The van der Waals surface area contributed by atoms with Gasteiger partial charge in [-0.3, -0.25) is 4.79 Å². The monoisotopic (exact) mass is 379 g/mol. The van der Waals surface area contributed by atoms with Crippen LogP contribution in [0.4, 0.5) is 4.79 Å². The second-order valence-corrected chi connectivity index (χ2v) is 7.15. The number of benzene rings is 1. The number of amides is 3. The molecule has 0 unspecified atom stereocenters. The molecule has 2 atom stereocenters. The van der Waals surface area contributed by atoms with Gasteiger partial charge >= 0.3 is 12.0 Å². The lowest BCUT2D eigenvalue weighted by Crippen LogP contribution is -2.45. The number of carbonyl (C=O) groups is 3. The van der Waals surface area contributed by atoms with E-state index in [-0.39, 0.29) is 18.6 Å². The van der Waals surface area contributed by atoms with Crippen LogP contribution in [-0.2, 0) is 20.7 Å². The molecule has 1 aromatic rings. The maximum Gasteiger partial charge on any atom is 0.329 e. The Bertz CT molecular complexity index is 653. The molecule has 1 aromatic carbocycles. The molecule has 0 aliphatic heterocycles. The van der Waals surface area contributed by atoms with Gasteiger partial charge < -0.3 is 21.1 Å². The number of urea groups is 1. The predicted molar refractivity (Wildman–Crippen MR) is 101 cm³/mol. The molecular weight excluding hydrogens is 354 g/mol. The van der Waals surface area contributed by atoms with Gasteiger partial charge in [0, 0.05) is 0 Å². The predicted octanol–water partition coefficient (Wildman–Crippen LogP) is 1.51. The third kappa shape index (κ3) is 5.94. The third-order valence-electron chi connectivity index (χ3n) is 4.26. The number of thioether (sulfide) groups is 1. The van der Waals surface area contributed by atoms with Gasteiger partial charge in [-0.05, 0) is 48.8 Å². The summed E-state index contributed by atoms with van der Waals surface area (Å²) in [4.78, 5) is 35.3. The number of rotatable bonds is 8. The summed E-state index contributed by atoms with van der Waals surface area (Å²) in [6, 6.07) is 6.32. The van der Waals surface area contributed by atoms with Crippen LogP contribution < -0.4 is 16.4 Å². The van der Waals surface area contributed by atoms with Crippen molar-refractivity contribution in [3.63, 3.8) is 0 Å². The zero-order chi connectivity index (χ0) is 18.9. The Morgan fingerprint density at radius 3 is 2.85 bits per heavy atom. The van der Waals surface area contributed by atoms with Crippen molar-refractivity contribution in [1.29, 1.82) is 0 Å². The van der Waals surface area contributed by atoms with Crippen molar-refractivity contribution in [2.75, 3.05) is 18.6 Å². The van der Waals surface area contributed by atoms with Gasteiger partial charge in [-0.25, -0.2) is 9.59 Å². The van der Waals surface area contributed by atoms with E-state index in [1.54, 1.807) is 0 Å². The highest BCUT2D eigenvalue weighted by Gasteiger charge is 2.24. The van der Waals surface area contributed by atoms with Gasteiger partial charge in [0.15, 0.2) is 6.61 Å². The topological polar surface area (TPSA) is 111 Å². The second kappa shape index (κ2) is 10.1. The van der Waals surface area contributed by atoms with Gasteiger partial charge in [0.2, 0.25) is 0 Å². The lowest BCUT2D eigenvalue weighted by atomic mass is 9.88. The zero-order valence-electron chi connectivity index (χ0n) is 14.8. The summed E-state index contributed by atoms with van der Waals surface area (Å²) in [6.07, 6.45) is 5.15. The summed E-state index contributed by atoms with van der Waals surface area (Å²) in [5.74, 6) is -0.356. The van der Waals surface area contributed by atoms with Gasteiger partial charge in [-0.2, -0.15) is 11.8 Å². The smallest absolute Gasteiger partial charge is 0.329 e. The van der Waals surface area contributed by atoms with E-state index < -0.39 is 18.0 Å². The SMILES string of the molecule is CSCC[C@H](NC(N)=O)C(=O)OCC(=O)N[C@H]1CCCc2ccccc21. The normalized spacial score (nSPS) is 16.9. The maximum atomic E-state index is 12.2. The first kappa shape index (κ1) is 20.1. The molecule has 0 bridgehead atoms. The van der Waals surface area contributed by atoms with Crippen molar-refractivity contribution in [2.45, 2.75) is 37.8 Å². The summed E-state index contributed by atoms with van der Waals surface area (Å²) in [5.41, 5.74) is 7.44. The van der Waals surface area contributed by atoms with Crippen LogP contribution in [0.3, 0.4) is 0 Å². The van der Waals surface area contributed by atoms with Gasteiger partial charge in [0.25, 0.3) is 5.91 Å². The van der Waals surface area contributed by atoms with E-state index in [0.29, 0.717) is 12.2 Å². The Morgan fingerprint density at radius 2 is 2.12 bits per heavy atom. The number of esters is 1. The van der Waals surface area contributed by atoms with E-state index in [0.717, 1.165) is 24.8 Å². The molecule has 3 amide bonds. The molecule has 1 aliphatic carbocycles. The summed E-state index contributed by atoms with van der Waals surface area (Å²) in [7, 11) is 0. The molecule has 4 N–H and O–H groups in total. The van der Waals surface area contributed by atoms with Crippen LogP contribution in [0.5, 0.6) is 0 Å². The molecule has 26 heavy (non-hydrogen) atoms. The minimum atomic E-state index is -0.844. The van der Waals surface area contributed by atoms with Crippen molar-refractivity contribution in [1.82, 2.24) is 10.6 Å². The Kier molecular flexibility index (Phi) is 7.77. The fourth-order valence-electron chi connectivity index (χ4n) is 3.03. The Hall–Kier alpha value is -2.22. The number of nitrogens with two attached hydrogens (primary N) is 1. The number of ether oxygens (including phenoxy) is 1. The minimum absolute atomic E-state index is 0.0674. The second-order valence-electron chi connectivity index (χ2n) is 6.16. The molecule has 142 valence electrons. The van der Waals surface area contributed by atoms with Crippen molar-refractivity contribution in [3.8, 4) is 0 Å². The first-order valence-corrected chi connectivity index (χ1v) is 9.99. The fourth-order valence-corrected chi connectivity index (χ4v) is 3.50. The summed E-state index contributed by atoms with van der Waals surface area (Å²) in [6.45, 7) is -0.381. The Morgan fingerprint density at radius 1 is 1.35 bits per heavy atom. The van der Waals surface area contributed by atoms with E-state index in [9.17, 15) is 14.4 Å². The average molecular weight is 379 g/mol. The first-order chi connectivity index (χ1) is 12.5. The van der Waals surface area contributed by atoms with E-state index >= 15 is 0 Å². The van der Waals surface area contributed by atoms with E-state index in [1.165, 1.54) is 17.3 Å². The quantitative estimate of drug-likeness (QED) is 0.593. The highest BCUT2D eigenvalue weighted by molar-refractivity contribution is 7.98. The van der Waals surface area contributed by atoms with Crippen molar-refractivity contribution in [3.05, 3.63) is 35.4 Å². The van der Waals surface area contributed by atoms with Gasteiger partial charge in [-0.1, -0.05) is 24.3 Å². The lowest BCUT2D eigenvalue weighted by molar-refractivity contribution is -0.150. The molecule has 7 nitrogen and oxygen atoms in total. The van der Waals surface area contributed by atoms with Gasteiger partial charge in [0.05, 0.1) is 6.04 Å². The number of hydrogen-bond acceptors (Lipinski definition) is 5. The van der Waals surface area contributed by atoms with Crippen LogP contribution in [-0.4, -0.2) is 42.6 Å². The molecule has 2 rings (SSSR count). The Balaban J connectivity index is 1.86. The summed E-state index contributed by atoms with van der Waals surface area (Å²) >= 11 is 1.54. The average Bonchev–Trinajstić information content (AvgIpc) is 2.63. The molecule has 0 heterocycles. The highest BCUT2D eigenvalue weighted by atomic mass is 32.2. The molecule has 0 spiro atoms. The number of primary amides is 1. The van der Waals surface area contributed by atoms with Crippen molar-refractivity contribution < 1.29 is 19.1 Å². The van der Waals surface area contributed by atoms with Crippen LogP contribution >= 0.6 is 11.8 Å². The molecule has 0 radical (unpaired) electrons. The number of carbonyl (C=O) groups excluding carboxylic acids is 3. The zero-order valence-corrected chi connectivity index (χ0v) is 15.6. The molecule has 1 aliphatic rings. The van der Waals surface area contributed by atoms with Crippen molar-refractivity contribution in [2.24, 2.45) is 5.73 Å². The van der Waals surface area contributed by atoms with Gasteiger partial charge in [-0.15, -0.1) is 0 Å². The number of fused-ring (bicyclic) bond motifs is 1. The lowest BCUT2D eigenvalue weighted by Gasteiger charge is -2.26. The maximum absolute atomic E-state index is 12.2. The summed E-state index contributed by atoms with van der Waals surface area (Å²) in [5, 5.41) is 5.27. The summed E-state index contributed by atoms with van der Waals surface area (Å²) < 4.78 is 5.06. The standard InChI is InChI=1S/C18H25N3O4S/c1-26-10-9-15(21-18(19)24)17(23)25-11-16(22)20-14-8-4-6-12-5-2-3-7-13(12)14/h2-3,5,7,14-15H,4,6,8-11H2,1H3,(H,20,22)(H3,19,21,24)/t14-,15-/m0/s1. The molecule has 0 aromatic heterocycles. The van der Waals surface area contributed by atoms with Crippen LogP contribution in [0.2, 0.25) is 0 Å². The number of hydrogen-bond donors (Lipinski definition) is 3. The molecule has 0 saturated heterocycles. The first-order valence-electron chi connectivity index (χ1n) is 8.60. The number of nitrogens with one attached hydrogen (secondary N) is 2. The molecule has 0 fully saturated rings.